The molecule has 240 valence electrons. The molecule has 4 aromatic rings. The van der Waals surface area contributed by atoms with Gasteiger partial charge in [0.05, 0.1) is 25.9 Å². The Morgan fingerprint density at radius 3 is 2.33 bits per heavy atom. The zero-order chi connectivity index (χ0) is 32.3. The number of aliphatic hydroxyl groups excluding tert-OH is 1. The second-order valence-electron chi connectivity index (χ2n) is 10.9. The summed E-state index contributed by atoms with van der Waals surface area (Å²) in [5.41, 5.74) is 4.36. The second-order valence-corrected chi connectivity index (χ2v) is 11.9. The van der Waals surface area contributed by atoms with Crippen molar-refractivity contribution in [1.29, 1.82) is 0 Å². The lowest BCUT2D eigenvalue weighted by molar-refractivity contribution is -0.645. The maximum Gasteiger partial charge on any atom is 0.328 e. The number of pyridine rings is 1. The third-order valence-corrected chi connectivity index (χ3v) is 8.75. The van der Waals surface area contributed by atoms with Crippen molar-refractivity contribution in [2.45, 2.75) is 55.6 Å². The van der Waals surface area contributed by atoms with Gasteiger partial charge in [0.15, 0.2) is 12.5 Å². The molecule has 0 bridgehead atoms. The van der Waals surface area contributed by atoms with Gasteiger partial charge in [0.2, 0.25) is 0 Å². The summed E-state index contributed by atoms with van der Waals surface area (Å²) in [6, 6.07) is 28.6. The number of aromatic nitrogens is 1. The summed E-state index contributed by atoms with van der Waals surface area (Å²) in [6.07, 6.45) is 1.28. The van der Waals surface area contributed by atoms with Gasteiger partial charge in [-0.3, -0.25) is 0 Å². The monoisotopic (exact) mass is 643 g/mol. The van der Waals surface area contributed by atoms with Gasteiger partial charge in [-0.1, -0.05) is 90.6 Å². The molecule has 10 nitrogen and oxygen atoms in total. The fourth-order valence-electron chi connectivity index (χ4n) is 5.10. The van der Waals surface area contributed by atoms with E-state index in [1.54, 1.807) is 12.1 Å². The number of nitrogens with zero attached hydrogens (tertiary/aromatic N) is 1. The number of thioether (sulfide) groups is 1. The predicted molar refractivity (Wildman–Crippen MR) is 172 cm³/mol. The maximum atomic E-state index is 12.7. The molecule has 0 aliphatic carbocycles. The molecule has 1 saturated heterocycles. The van der Waals surface area contributed by atoms with Crippen LogP contribution in [-0.2, 0) is 38.6 Å². The van der Waals surface area contributed by atoms with Crippen LogP contribution in [0, 0.1) is 5.21 Å². The van der Waals surface area contributed by atoms with Gasteiger partial charge in [-0.2, -0.15) is 4.73 Å². The van der Waals surface area contributed by atoms with Crippen molar-refractivity contribution in [3.05, 3.63) is 136 Å². The number of hydrogen-bond acceptors (Lipinski definition) is 8. The van der Waals surface area contributed by atoms with Gasteiger partial charge in [0.1, 0.15) is 6.04 Å². The summed E-state index contributed by atoms with van der Waals surface area (Å²) in [4.78, 5) is 25.0. The van der Waals surface area contributed by atoms with Crippen LogP contribution in [0.2, 0.25) is 0 Å². The average Bonchev–Trinajstić information content (AvgIpc) is 3.10. The minimum Gasteiger partial charge on any atom is -0.618 e. The van der Waals surface area contributed by atoms with E-state index in [2.05, 4.69) is 10.6 Å². The molecule has 0 unspecified atom stereocenters. The number of amides is 2. The van der Waals surface area contributed by atoms with Gasteiger partial charge >= 0.3 is 12.0 Å². The topological polar surface area (TPSA) is 133 Å². The number of benzene rings is 3. The van der Waals surface area contributed by atoms with E-state index in [-0.39, 0.29) is 25.4 Å². The fraction of sp³-hybridized carbons (Fsp3) is 0.286. The highest BCUT2D eigenvalue weighted by molar-refractivity contribution is 7.99. The van der Waals surface area contributed by atoms with E-state index in [9.17, 15) is 19.9 Å². The van der Waals surface area contributed by atoms with E-state index in [0.717, 1.165) is 32.5 Å². The van der Waals surface area contributed by atoms with Crippen molar-refractivity contribution < 1.29 is 33.6 Å². The average molecular weight is 644 g/mol. The van der Waals surface area contributed by atoms with E-state index >= 15 is 0 Å². The van der Waals surface area contributed by atoms with Crippen LogP contribution in [0.5, 0.6) is 0 Å². The number of aliphatic hydroxyl groups is 1. The van der Waals surface area contributed by atoms with Crippen LogP contribution in [0.3, 0.4) is 0 Å². The lowest BCUT2D eigenvalue weighted by atomic mass is 10.0. The van der Waals surface area contributed by atoms with Crippen molar-refractivity contribution in [2.24, 2.45) is 0 Å². The Morgan fingerprint density at radius 1 is 0.935 bits per heavy atom. The first kappa shape index (κ1) is 33.0. The highest BCUT2D eigenvalue weighted by Crippen LogP contribution is 2.39. The number of ether oxygens (including phenoxy) is 3. The van der Waals surface area contributed by atoms with Gasteiger partial charge in [-0.15, -0.1) is 0 Å². The van der Waals surface area contributed by atoms with Crippen LogP contribution in [0.25, 0.3) is 0 Å². The summed E-state index contributed by atoms with van der Waals surface area (Å²) >= 11 is 1.44. The molecule has 0 saturated carbocycles. The summed E-state index contributed by atoms with van der Waals surface area (Å²) in [5.74, 6) is 0.0387. The van der Waals surface area contributed by atoms with E-state index in [1.165, 1.54) is 25.1 Å². The number of esters is 1. The number of carbonyl (C=O) groups excluding carboxylic acids is 2. The first-order valence-electron chi connectivity index (χ1n) is 15.0. The number of carbonyl (C=O) groups is 2. The summed E-state index contributed by atoms with van der Waals surface area (Å²) in [7, 11) is 1.29. The largest absolute Gasteiger partial charge is 0.618 e. The molecule has 1 aliphatic rings. The van der Waals surface area contributed by atoms with Crippen LogP contribution in [0.1, 0.15) is 46.6 Å². The molecule has 2 heterocycles. The molecule has 3 N–H and O–H groups in total. The zero-order valence-corrected chi connectivity index (χ0v) is 26.2. The Kier molecular flexibility index (Phi) is 11.6. The number of rotatable bonds is 12. The third kappa shape index (κ3) is 9.07. The zero-order valence-electron chi connectivity index (χ0n) is 25.4. The Morgan fingerprint density at radius 2 is 1.63 bits per heavy atom. The summed E-state index contributed by atoms with van der Waals surface area (Å²) < 4.78 is 18.5. The second kappa shape index (κ2) is 16.2. The normalized spacial score (nSPS) is 18.3. The van der Waals surface area contributed by atoms with Gasteiger partial charge in [0.25, 0.3) is 5.03 Å². The van der Waals surface area contributed by atoms with Crippen molar-refractivity contribution in [1.82, 2.24) is 10.6 Å². The number of urea groups is 1. The van der Waals surface area contributed by atoms with Gasteiger partial charge in [0, 0.05) is 42.8 Å². The molecule has 1 aliphatic heterocycles. The molecule has 1 fully saturated rings. The van der Waals surface area contributed by atoms with Gasteiger partial charge in [-0.05, 0) is 28.3 Å². The molecule has 4 atom stereocenters. The van der Waals surface area contributed by atoms with Crippen LogP contribution in [-0.4, -0.2) is 42.1 Å². The Balaban J connectivity index is 1.22. The molecule has 0 radical (unpaired) electrons. The lowest BCUT2D eigenvalue weighted by Crippen LogP contribution is -2.47. The molecule has 1 aromatic heterocycles. The predicted octanol–water partition coefficient (Wildman–Crippen LogP) is 4.73. The fourth-order valence-corrected chi connectivity index (χ4v) is 6.03. The van der Waals surface area contributed by atoms with Crippen LogP contribution in [0.4, 0.5) is 4.79 Å². The first-order valence-corrected chi connectivity index (χ1v) is 16.0. The Hall–Kier alpha value is -4.42. The number of nitrogens with one attached hydrogen (secondary N) is 2. The van der Waals surface area contributed by atoms with E-state index in [4.69, 9.17) is 14.2 Å². The SMILES string of the molecule is COC(=O)[C@H](Cc1ccccc1)NC(=O)NCc1ccc([C@H]2O[C@@H](CSc3cccc[n+]3[O-])C[C@@H](c3ccc(CO)cc3)O2)cc1. The van der Waals surface area contributed by atoms with Gasteiger partial charge < -0.3 is 35.2 Å². The van der Waals surface area contributed by atoms with Crippen LogP contribution in [0.15, 0.2) is 108 Å². The molecular weight excluding hydrogens is 606 g/mol. The van der Waals surface area contributed by atoms with Crippen molar-refractivity contribution in [3.63, 3.8) is 0 Å². The number of hydrogen-bond donors (Lipinski definition) is 3. The van der Waals surface area contributed by atoms with E-state index in [0.29, 0.717) is 23.6 Å². The Bertz CT molecular complexity index is 1570. The minimum absolute atomic E-state index is 0.0362. The standard InChI is InChI=1S/C35H37N3O7S/c1-43-33(40)30(19-24-7-3-2-4-8-24)37-35(41)36-21-25-10-16-28(17-11-25)34-44-29(23-46-32-9-5-6-18-38(32)42)20-31(45-34)27-14-12-26(22-39)13-15-27/h2-18,29-31,34,39H,19-23H2,1H3,(H2,36,37,41)/t29-,30+,31+,34+/m1/s1. The molecule has 46 heavy (non-hydrogen) atoms. The molecular formula is C35H37N3O7S. The highest BCUT2D eigenvalue weighted by atomic mass is 32.2. The van der Waals surface area contributed by atoms with Crippen molar-refractivity contribution >= 4 is 23.8 Å². The van der Waals surface area contributed by atoms with Crippen molar-refractivity contribution in [3.8, 4) is 0 Å². The first-order chi connectivity index (χ1) is 22.4. The van der Waals surface area contributed by atoms with E-state index < -0.39 is 24.3 Å². The maximum absolute atomic E-state index is 12.7. The number of methoxy groups -OCH3 is 1. The third-order valence-electron chi connectivity index (χ3n) is 7.60. The summed E-state index contributed by atoms with van der Waals surface area (Å²) in [6.45, 7) is 0.203. The molecule has 5 rings (SSSR count). The summed E-state index contributed by atoms with van der Waals surface area (Å²) in [5, 5.41) is 27.8. The molecule has 0 spiro atoms. The van der Waals surface area contributed by atoms with Gasteiger partial charge in [-0.25, -0.2) is 9.59 Å². The molecule has 2 amide bonds. The quantitative estimate of drug-likeness (QED) is 0.0874. The molecule has 3 aromatic carbocycles. The highest BCUT2D eigenvalue weighted by Gasteiger charge is 2.32. The van der Waals surface area contributed by atoms with Crippen molar-refractivity contribution in [2.75, 3.05) is 12.9 Å². The Labute approximate surface area is 272 Å². The smallest absolute Gasteiger partial charge is 0.328 e. The molecule has 11 heteroatoms. The minimum atomic E-state index is -0.824. The van der Waals surface area contributed by atoms with E-state index in [1.807, 2.05) is 84.9 Å². The lowest BCUT2D eigenvalue weighted by Gasteiger charge is -2.36. The van der Waals surface area contributed by atoms with Crippen LogP contribution < -0.4 is 15.4 Å². The van der Waals surface area contributed by atoms with Crippen LogP contribution >= 0.6 is 11.8 Å².